The lowest BCUT2D eigenvalue weighted by molar-refractivity contribution is -0.132. The first kappa shape index (κ1) is 8.07. The molecule has 2 N–H and O–H groups in total. The van der Waals surface area contributed by atoms with Gasteiger partial charge in [0, 0.05) is 17.6 Å². The fraction of sp³-hybridized carbons (Fsp3) is 0.333. The molecule has 0 amide bonds. The lowest BCUT2D eigenvalue weighted by Gasteiger charge is -2.24. The van der Waals surface area contributed by atoms with E-state index in [4.69, 9.17) is 14.0 Å². The molecular weight excluding hydrogens is 270 g/mol. The fourth-order valence-electron chi connectivity index (χ4n) is 2.41. The zero-order chi connectivity index (χ0) is 20.3. The minimum atomic E-state index is -2.90. The summed E-state index contributed by atoms with van der Waals surface area (Å²) in [5, 5.41) is -0.291. The number of nitrogens with zero attached hydrogens (tertiary/aromatic N) is 2. The number of fused-ring (bicyclic) bond motifs is 1. The molecule has 108 valence electrons. The van der Waals surface area contributed by atoms with Gasteiger partial charge in [0.1, 0.15) is 11.6 Å². The van der Waals surface area contributed by atoms with Crippen molar-refractivity contribution in [3.63, 3.8) is 0 Å². The summed E-state index contributed by atoms with van der Waals surface area (Å²) in [6.07, 6.45) is -2.15. The van der Waals surface area contributed by atoms with Gasteiger partial charge in [0.2, 0.25) is 0 Å². The number of aryl methyl sites for hydroxylation is 1. The van der Waals surface area contributed by atoms with Crippen molar-refractivity contribution in [2.24, 2.45) is 0 Å². The molecule has 1 aliphatic rings. The third-order valence-electron chi connectivity index (χ3n) is 3.38. The molecular formula is C15H15N3O3. The van der Waals surface area contributed by atoms with Crippen LogP contribution in [0, 0.1) is 6.85 Å². The van der Waals surface area contributed by atoms with Crippen LogP contribution in [-0.4, -0.2) is 21.1 Å². The Morgan fingerprint density at radius 2 is 2.33 bits per heavy atom. The Bertz CT molecular complexity index is 1050. The van der Waals surface area contributed by atoms with Gasteiger partial charge in [0.25, 0.3) is 5.56 Å². The van der Waals surface area contributed by atoms with Gasteiger partial charge in [-0.2, -0.15) is 0 Å². The van der Waals surface area contributed by atoms with Gasteiger partial charge >= 0.3 is 0 Å². The molecule has 2 atom stereocenters. The van der Waals surface area contributed by atoms with Crippen molar-refractivity contribution in [1.82, 2.24) is 9.55 Å². The largest absolute Gasteiger partial charge is 0.398 e. The van der Waals surface area contributed by atoms with Gasteiger partial charge in [-0.1, -0.05) is 6.04 Å². The molecule has 0 aliphatic heterocycles. The van der Waals surface area contributed by atoms with Crippen LogP contribution in [0.3, 0.4) is 0 Å². The van der Waals surface area contributed by atoms with Crippen molar-refractivity contribution in [1.29, 1.82) is 0 Å². The number of Topliss-reactive ketones (excluding diaryl/α,β-unsaturated/α-hetero) is 2. The molecule has 6 nitrogen and oxygen atoms in total. The van der Waals surface area contributed by atoms with E-state index in [0.717, 1.165) is 6.07 Å². The zero-order valence-electron chi connectivity index (χ0n) is 16.8. The number of carbonyl (C=O) groups excluding carboxylic acids is 2. The molecule has 0 bridgehead atoms. The number of benzene rings is 1. The average molecular weight is 291 g/mol. The summed E-state index contributed by atoms with van der Waals surface area (Å²) in [6.45, 7) is -2.90. The van der Waals surface area contributed by atoms with E-state index in [1.807, 2.05) is 0 Å². The Morgan fingerprint density at radius 1 is 1.52 bits per heavy atom. The molecule has 6 heteroatoms. The number of hydrogen-bond donors (Lipinski definition) is 1. The highest BCUT2D eigenvalue weighted by molar-refractivity contribution is 6.03. The van der Waals surface area contributed by atoms with Gasteiger partial charge in [0.15, 0.2) is 5.78 Å². The maximum absolute atomic E-state index is 13.1. The Balaban J connectivity index is 2.43. The van der Waals surface area contributed by atoms with Gasteiger partial charge in [-0.25, -0.2) is 4.98 Å². The topological polar surface area (TPSA) is 95.0 Å². The molecule has 2 unspecified atom stereocenters. The molecule has 21 heavy (non-hydrogen) atoms. The van der Waals surface area contributed by atoms with Crippen LogP contribution in [0.5, 0.6) is 0 Å². The lowest BCUT2D eigenvalue weighted by atomic mass is 9.92. The van der Waals surface area contributed by atoms with Crippen LogP contribution in [0.15, 0.2) is 22.9 Å². The van der Waals surface area contributed by atoms with Crippen molar-refractivity contribution < 1.29 is 17.8 Å². The number of nitrogens with two attached hydrogens (primary N) is 1. The van der Waals surface area contributed by atoms with Crippen molar-refractivity contribution in [2.45, 2.75) is 32.1 Å². The lowest BCUT2D eigenvalue weighted by Crippen LogP contribution is -2.36. The third-order valence-corrected chi connectivity index (χ3v) is 3.38. The molecule has 3 rings (SSSR count). The molecule has 2 aromatic rings. The monoisotopic (exact) mass is 291 g/mol. The number of carbonyl (C=O) groups is 2. The summed E-state index contributed by atoms with van der Waals surface area (Å²) < 4.78 is 47.2. The highest BCUT2D eigenvalue weighted by Crippen LogP contribution is 2.24. The Labute approximate surface area is 129 Å². The molecule has 0 saturated heterocycles. The van der Waals surface area contributed by atoms with Gasteiger partial charge in [-0.3, -0.25) is 19.0 Å². The highest BCUT2D eigenvalue weighted by atomic mass is 16.2. The minimum absolute atomic E-state index is 0.179. The molecule has 1 heterocycles. The summed E-state index contributed by atoms with van der Waals surface area (Å²) in [6, 6.07) is -1.20. The van der Waals surface area contributed by atoms with Crippen molar-refractivity contribution >= 4 is 28.2 Å². The van der Waals surface area contributed by atoms with Gasteiger partial charge in [-0.05, 0) is 25.4 Å². The molecule has 0 spiro atoms. The Morgan fingerprint density at radius 3 is 3.05 bits per heavy atom. The maximum Gasteiger partial charge on any atom is 0.264 e. The molecule has 1 saturated carbocycles. The first-order valence-corrected chi connectivity index (χ1v) is 6.22. The molecule has 1 fully saturated rings. The number of nitrogen functional groups attached to an aromatic ring is 1. The number of rotatable bonds is 1. The van der Waals surface area contributed by atoms with Gasteiger partial charge in [-0.15, -0.1) is 0 Å². The fourth-order valence-corrected chi connectivity index (χ4v) is 2.41. The summed E-state index contributed by atoms with van der Waals surface area (Å²) >= 11 is 0. The van der Waals surface area contributed by atoms with Crippen LogP contribution in [0.2, 0.25) is 0 Å². The Hall–Kier alpha value is -2.50. The van der Waals surface area contributed by atoms with E-state index >= 15 is 0 Å². The van der Waals surface area contributed by atoms with Crippen LogP contribution in [0.25, 0.3) is 10.9 Å². The quantitative estimate of drug-likeness (QED) is 0.628. The highest BCUT2D eigenvalue weighted by Gasteiger charge is 2.30. The summed E-state index contributed by atoms with van der Waals surface area (Å²) in [7, 11) is 0. The second-order valence-corrected chi connectivity index (χ2v) is 4.76. The predicted octanol–water partition coefficient (Wildman–Crippen LogP) is 1.15. The number of hydrogen-bond acceptors (Lipinski definition) is 5. The van der Waals surface area contributed by atoms with Crippen molar-refractivity contribution in [3.8, 4) is 0 Å². The van der Waals surface area contributed by atoms with Crippen LogP contribution in [-0.2, 0) is 9.59 Å². The van der Waals surface area contributed by atoms with Crippen molar-refractivity contribution in [3.05, 3.63) is 34.3 Å². The zero-order valence-corrected chi connectivity index (χ0v) is 10.8. The van der Waals surface area contributed by atoms with E-state index in [2.05, 4.69) is 4.98 Å². The molecule has 1 aromatic heterocycles. The maximum atomic E-state index is 13.1. The molecule has 0 radical (unpaired) electrons. The smallest absolute Gasteiger partial charge is 0.264 e. The van der Waals surface area contributed by atoms with E-state index < -0.39 is 54.7 Å². The van der Waals surface area contributed by atoms with Gasteiger partial charge < -0.3 is 5.73 Å². The van der Waals surface area contributed by atoms with Crippen LogP contribution in [0.1, 0.15) is 39.3 Å². The normalized spacial score (nSPS) is 27.4. The number of aromatic nitrogens is 2. The van der Waals surface area contributed by atoms with Crippen LogP contribution in [0.4, 0.5) is 5.69 Å². The van der Waals surface area contributed by atoms with E-state index in [1.165, 1.54) is 0 Å². The summed E-state index contributed by atoms with van der Waals surface area (Å²) in [4.78, 5) is 40.9. The van der Waals surface area contributed by atoms with E-state index in [1.54, 1.807) is 0 Å². The van der Waals surface area contributed by atoms with Gasteiger partial charge in [0.05, 0.1) is 26.1 Å². The van der Waals surface area contributed by atoms with Crippen LogP contribution >= 0.6 is 0 Å². The Kier molecular flexibility index (Phi) is 1.84. The van der Waals surface area contributed by atoms with Crippen LogP contribution < -0.4 is 11.3 Å². The number of ketones is 2. The second-order valence-electron chi connectivity index (χ2n) is 4.76. The third kappa shape index (κ3) is 2.12. The standard InChI is InChI=1S/C15H15N3O3/c1-8-17-11-4-2-3-10(16)14(11)15(21)18(8)12-6-5-9(19)7-13(12)20/h2-4,12H,5-7,16H2,1H3/i1D3,2D,3D,6D. The van der Waals surface area contributed by atoms with E-state index in [-0.39, 0.29) is 29.1 Å². The summed E-state index contributed by atoms with van der Waals surface area (Å²) in [5.74, 6) is -1.93. The minimum Gasteiger partial charge on any atom is -0.398 e. The van der Waals surface area contributed by atoms with E-state index in [0.29, 0.717) is 4.57 Å². The molecule has 1 aromatic carbocycles. The molecule has 1 aliphatic carbocycles. The number of anilines is 1. The first-order chi connectivity index (χ1) is 12.4. The summed E-state index contributed by atoms with van der Waals surface area (Å²) in [5.41, 5.74) is 4.26. The first-order valence-electron chi connectivity index (χ1n) is 9.30. The SMILES string of the molecule is [2H]c1cc2nc(C([2H])([2H])[2H])n(C3C(=O)CC(=O)CC3[2H])c(=O)c2c(N)c1[2H]. The van der Waals surface area contributed by atoms with Crippen molar-refractivity contribution in [2.75, 3.05) is 5.73 Å². The second kappa shape index (κ2) is 4.80. The average Bonchev–Trinajstić information content (AvgIpc) is 2.52. The predicted molar refractivity (Wildman–Crippen MR) is 78.1 cm³/mol. The van der Waals surface area contributed by atoms with E-state index in [9.17, 15) is 14.4 Å².